The van der Waals surface area contributed by atoms with Gasteiger partial charge in [-0.2, -0.15) is 0 Å². The molecule has 3 heteroatoms. The second-order valence-corrected chi connectivity index (χ2v) is 5.26. The predicted molar refractivity (Wildman–Crippen MR) is 68.8 cm³/mol. The van der Waals surface area contributed by atoms with E-state index in [9.17, 15) is 0 Å². The molecule has 0 aliphatic carbocycles. The van der Waals surface area contributed by atoms with Gasteiger partial charge in [-0.3, -0.25) is 0 Å². The van der Waals surface area contributed by atoms with Gasteiger partial charge in [0.15, 0.2) is 0 Å². The average Bonchev–Trinajstić information content (AvgIpc) is 2.21. The van der Waals surface area contributed by atoms with Crippen molar-refractivity contribution in [1.29, 1.82) is 0 Å². The highest BCUT2D eigenvalue weighted by Crippen LogP contribution is 2.10. The van der Waals surface area contributed by atoms with Crippen molar-refractivity contribution in [2.75, 3.05) is 33.4 Å². The van der Waals surface area contributed by atoms with Crippen LogP contribution in [-0.2, 0) is 9.47 Å². The van der Waals surface area contributed by atoms with E-state index < -0.39 is 0 Å². The molecule has 0 bridgehead atoms. The zero-order valence-electron chi connectivity index (χ0n) is 11.6. The third-order valence-electron chi connectivity index (χ3n) is 2.72. The Morgan fingerprint density at radius 1 is 1.12 bits per heavy atom. The van der Waals surface area contributed by atoms with Gasteiger partial charge < -0.3 is 14.8 Å². The van der Waals surface area contributed by atoms with E-state index >= 15 is 0 Å². The van der Waals surface area contributed by atoms with Crippen molar-refractivity contribution in [1.82, 2.24) is 5.32 Å². The molecule has 16 heavy (non-hydrogen) atoms. The minimum absolute atomic E-state index is 0.0223. The Morgan fingerprint density at radius 2 is 1.81 bits per heavy atom. The van der Waals surface area contributed by atoms with E-state index in [0.29, 0.717) is 0 Å². The summed E-state index contributed by atoms with van der Waals surface area (Å²) in [5, 5.41) is 3.36. The quantitative estimate of drug-likeness (QED) is 0.586. The van der Waals surface area contributed by atoms with Crippen LogP contribution in [0.3, 0.4) is 0 Å². The van der Waals surface area contributed by atoms with Gasteiger partial charge in [0.05, 0.1) is 12.2 Å². The average molecular weight is 231 g/mol. The van der Waals surface area contributed by atoms with Crippen LogP contribution in [0.2, 0.25) is 0 Å². The number of nitrogens with one attached hydrogen (secondary N) is 1. The largest absolute Gasteiger partial charge is 0.380 e. The molecule has 1 N–H and O–H groups in total. The van der Waals surface area contributed by atoms with Crippen molar-refractivity contribution in [3.63, 3.8) is 0 Å². The fourth-order valence-corrected chi connectivity index (χ4v) is 1.18. The number of rotatable bonds is 10. The van der Waals surface area contributed by atoms with Crippen LogP contribution in [0.1, 0.15) is 40.5 Å². The van der Waals surface area contributed by atoms with Gasteiger partial charge in [-0.05, 0) is 39.2 Å². The molecular formula is C13H29NO2. The summed E-state index contributed by atoms with van der Waals surface area (Å²) in [5.41, 5.74) is -0.0223. The second kappa shape index (κ2) is 8.97. The van der Waals surface area contributed by atoms with Gasteiger partial charge in [0, 0.05) is 20.3 Å². The molecule has 0 aromatic rings. The molecule has 0 saturated carbocycles. The lowest BCUT2D eigenvalue weighted by atomic mass is 10.1. The summed E-state index contributed by atoms with van der Waals surface area (Å²) in [4.78, 5) is 0. The highest BCUT2D eigenvalue weighted by Gasteiger charge is 2.14. The van der Waals surface area contributed by atoms with Gasteiger partial charge in [-0.25, -0.2) is 0 Å². The smallest absolute Gasteiger partial charge is 0.0634 e. The lowest BCUT2D eigenvalue weighted by Crippen LogP contribution is -2.30. The highest BCUT2D eigenvalue weighted by molar-refractivity contribution is 4.68. The van der Waals surface area contributed by atoms with Crippen LogP contribution in [0.4, 0.5) is 0 Å². The Hall–Kier alpha value is -0.120. The molecule has 0 aromatic heterocycles. The zero-order valence-corrected chi connectivity index (χ0v) is 11.6. The maximum absolute atomic E-state index is 5.51. The van der Waals surface area contributed by atoms with Gasteiger partial charge in [0.25, 0.3) is 0 Å². The van der Waals surface area contributed by atoms with Gasteiger partial charge in [-0.1, -0.05) is 13.8 Å². The second-order valence-electron chi connectivity index (χ2n) is 5.26. The van der Waals surface area contributed by atoms with Crippen molar-refractivity contribution in [2.24, 2.45) is 5.92 Å². The molecule has 98 valence electrons. The monoisotopic (exact) mass is 231 g/mol. The fourth-order valence-electron chi connectivity index (χ4n) is 1.18. The molecule has 0 atom stereocenters. The Balaban J connectivity index is 3.16. The Labute approximate surface area is 101 Å². The minimum Gasteiger partial charge on any atom is -0.380 e. The minimum atomic E-state index is -0.0223. The van der Waals surface area contributed by atoms with Crippen molar-refractivity contribution in [2.45, 2.75) is 46.1 Å². The first kappa shape index (κ1) is 15.9. The van der Waals surface area contributed by atoms with E-state index in [1.807, 2.05) is 0 Å². The molecule has 0 fully saturated rings. The van der Waals surface area contributed by atoms with E-state index in [4.69, 9.17) is 9.47 Å². The summed E-state index contributed by atoms with van der Waals surface area (Å²) in [7, 11) is 1.76. The van der Waals surface area contributed by atoms with E-state index in [0.717, 1.165) is 45.1 Å². The number of hydrogen-bond acceptors (Lipinski definition) is 3. The molecule has 0 amide bonds. The van der Waals surface area contributed by atoms with E-state index in [1.165, 1.54) is 0 Å². The topological polar surface area (TPSA) is 30.5 Å². The van der Waals surface area contributed by atoms with Crippen molar-refractivity contribution < 1.29 is 9.47 Å². The van der Waals surface area contributed by atoms with E-state index in [2.05, 4.69) is 33.0 Å². The van der Waals surface area contributed by atoms with E-state index in [-0.39, 0.29) is 5.60 Å². The maximum atomic E-state index is 5.51. The van der Waals surface area contributed by atoms with Crippen LogP contribution in [0.5, 0.6) is 0 Å². The first-order chi connectivity index (χ1) is 7.48. The molecular weight excluding hydrogens is 202 g/mol. The molecule has 0 saturated heterocycles. The SMILES string of the molecule is COC(C)(C)CCNCCOCCC(C)C. The van der Waals surface area contributed by atoms with Crippen LogP contribution in [0.15, 0.2) is 0 Å². The molecule has 0 aliphatic heterocycles. The summed E-state index contributed by atoms with van der Waals surface area (Å²) >= 11 is 0. The molecule has 0 aromatic carbocycles. The number of methoxy groups -OCH3 is 1. The standard InChI is InChI=1S/C13H29NO2/c1-12(2)6-10-16-11-9-14-8-7-13(3,4)15-5/h12,14H,6-11H2,1-5H3. The molecule has 0 heterocycles. The van der Waals surface area contributed by atoms with Crippen LogP contribution in [0.25, 0.3) is 0 Å². The fraction of sp³-hybridized carbons (Fsp3) is 1.00. The molecule has 0 radical (unpaired) electrons. The Kier molecular flexibility index (Phi) is 8.90. The lowest BCUT2D eigenvalue weighted by molar-refractivity contribution is 0.0154. The number of hydrogen-bond donors (Lipinski definition) is 1. The van der Waals surface area contributed by atoms with Crippen LogP contribution >= 0.6 is 0 Å². The third-order valence-corrected chi connectivity index (χ3v) is 2.72. The van der Waals surface area contributed by atoms with Gasteiger partial charge in [0.2, 0.25) is 0 Å². The van der Waals surface area contributed by atoms with Crippen molar-refractivity contribution in [3.8, 4) is 0 Å². The molecule has 0 unspecified atom stereocenters. The molecule has 0 rings (SSSR count). The summed E-state index contributed by atoms with van der Waals surface area (Å²) in [6.45, 7) is 12.2. The van der Waals surface area contributed by atoms with Gasteiger partial charge in [0.1, 0.15) is 0 Å². The van der Waals surface area contributed by atoms with E-state index in [1.54, 1.807) is 7.11 Å². The predicted octanol–water partition coefficient (Wildman–Crippen LogP) is 2.45. The van der Waals surface area contributed by atoms with Gasteiger partial charge in [-0.15, -0.1) is 0 Å². The molecule has 0 spiro atoms. The third kappa shape index (κ3) is 10.4. The van der Waals surface area contributed by atoms with Crippen LogP contribution in [-0.4, -0.2) is 39.0 Å². The maximum Gasteiger partial charge on any atom is 0.0634 e. The first-order valence-corrected chi connectivity index (χ1v) is 6.31. The molecule has 3 nitrogen and oxygen atoms in total. The number of ether oxygens (including phenoxy) is 2. The summed E-state index contributed by atoms with van der Waals surface area (Å²) in [6, 6.07) is 0. The first-order valence-electron chi connectivity index (χ1n) is 6.31. The molecule has 0 aliphatic rings. The summed E-state index contributed by atoms with van der Waals surface area (Å²) in [5.74, 6) is 0.732. The summed E-state index contributed by atoms with van der Waals surface area (Å²) < 4.78 is 10.8. The zero-order chi connectivity index (χ0) is 12.4. The lowest BCUT2D eigenvalue weighted by Gasteiger charge is -2.22. The van der Waals surface area contributed by atoms with Crippen molar-refractivity contribution in [3.05, 3.63) is 0 Å². The van der Waals surface area contributed by atoms with Crippen molar-refractivity contribution >= 4 is 0 Å². The van der Waals surface area contributed by atoms with Crippen LogP contribution in [0, 0.1) is 5.92 Å². The highest BCUT2D eigenvalue weighted by atomic mass is 16.5. The summed E-state index contributed by atoms with van der Waals surface area (Å²) in [6.07, 6.45) is 2.17. The Bertz CT molecular complexity index is 158. The normalized spacial score (nSPS) is 12.4. The van der Waals surface area contributed by atoms with Gasteiger partial charge >= 0.3 is 0 Å². The Morgan fingerprint density at radius 3 is 2.38 bits per heavy atom. The van der Waals surface area contributed by atoms with Crippen LogP contribution < -0.4 is 5.32 Å².